The molecule has 1 heterocycles. The summed E-state index contributed by atoms with van der Waals surface area (Å²) in [5, 5.41) is 19.3. The molecule has 4 rings (SSSR count). The van der Waals surface area contributed by atoms with Gasteiger partial charge < -0.3 is 24.3 Å². The number of fused-ring (bicyclic) bond motifs is 1. The molecular weight excluding hydrogens is 514 g/mol. The van der Waals surface area contributed by atoms with Gasteiger partial charge in [-0.15, -0.1) is 11.8 Å². The van der Waals surface area contributed by atoms with Crippen LogP contribution >= 0.6 is 11.8 Å². The van der Waals surface area contributed by atoms with Crippen molar-refractivity contribution in [2.45, 2.75) is 30.7 Å². The molecule has 0 fully saturated rings. The van der Waals surface area contributed by atoms with E-state index < -0.39 is 11.9 Å². The number of carboxylic acids is 2. The molecule has 0 saturated carbocycles. The van der Waals surface area contributed by atoms with Crippen molar-refractivity contribution in [2.24, 2.45) is 0 Å². The number of nitrogens with zero attached hydrogens (tertiary/aromatic N) is 1. The van der Waals surface area contributed by atoms with E-state index in [4.69, 9.17) is 14.6 Å². The van der Waals surface area contributed by atoms with Crippen molar-refractivity contribution in [3.8, 4) is 11.5 Å². The number of ether oxygens (including phenoxy) is 2. The Kier molecular flexibility index (Phi) is 10.1. The van der Waals surface area contributed by atoms with Crippen LogP contribution in [0, 0.1) is 0 Å². The van der Waals surface area contributed by atoms with Crippen LogP contribution in [0.4, 0.5) is 0 Å². The van der Waals surface area contributed by atoms with Crippen molar-refractivity contribution in [3.05, 3.63) is 90.1 Å². The lowest BCUT2D eigenvalue weighted by Crippen LogP contribution is -2.07. The van der Waals surface area contributed by atoms with Crippen molar-refractivity contribution in [3.63, 3.8) is 0 Å². The highest BCUT2D eigenvalue weighted by molar-refractivity contribution is 7.99. The zero-order valence-electron chi connectivity index (χ0n) is 21.5. The highest BCUT2D eigenvalue weighted by Gasteiger charge is 2.14. The van der Waals surface area contributed by atoms with Crippen molar-refractivity contribution in [2.75, 3.05) is 19.0 Å². The normalized spacial score (nSPS) is 11.2. The van der Waals surface area contributed by atoms with E-state index in [0.29, 0.717) is 19.0 Å². The lowest BCUT2D eigenvalue weighted by Gasteiger charge is -2.08. The van der Waals surface area contributed by atoms with Crippen LogP contribution in [-0.2, 0) is 16.1 Å². The molecule has 8 heteroatoms. The van der Waals surface area contributed by atoms with Crippen LogP contribution in [0.3, 0.4) is 0 Å². The Hall–Kier alpha value is -4.17. The number of aliphatic carboxylic acids is 2. The van der Waals surface area contributed by atoms with Crippen molar-refractivity contribution < 1.29 is 29.3 Å². The van der Waals surface area contributed by atoms with E-state index in [1.807, 2.05) is 84.9 Å². The predicted molar refractivity (Wildman–Crippen MR) is 155 cm³/mol. The van der Waals surface area contributed by atoms with Gasteiger partial charge >= 0.3 is 11.9 Å². The minimum atomic E-state index is -0.938. The SMILES string of the molecule is O=C(O)CCSc1cn(CC(=O)O)c2c(/C=C/c3ccc(OCCCCOc4ccccc4)cc3)cccc12. The van der Waals surface area contributed by atoms with Gasteiger partial charge in [-0.25, -0.2) is 0 Å². The molecule has 0 aliphatic carbocycles. The Morgan fingerprint density at radius 2 is 1.49 bits per heavy atom. The maximum absolute atomic E-state index is 11.5. The fourth-order valence-corrected chi connectivity index (χ4v) is 5.11. The van der Waals surface area contributed by atoms with Crippen LogP contribution in [0.5, 0.6) is 11.5 Å². The zero-order chi connectivity index (χ0) is 27.5. The average Bonchev–Trinajstić information content (AvgIpc) is 3.27. The van der Waals surface area contributed by atoms with Gasteiger partial charge in [0.05, 0.1) is 25.2 Å². The summed E-state index contributed by atoms with van der Waals surface area (Å²) in [6.45, 7) is 1.09. The number of hydrogen-bond acceptors (Lipinski definition) is 5. The lowest BCUT2D eigenvalue weighted by molar-refractivity contribution is -0.138. The number of carbonyl (C=O) groups is 2. The Labute approximate surface area is 231 Å². The van der Waals surface area contributed by atoms with Crippen molar-refractivity contribution >= 4 is 46.8 Å². The second-order valence-electron chi connectivity index (χ2n) is 8.87. The molecule has 0 aliphatic heterocycles. The average molecular weight is 546 g/mol. The summed E-state index contributed by atoms with van der Waals surface area (Å²) in [7, 11) is 0. The summed E-state index contributed by atoms with van der Waals surface area (Å²) in [6.07, 6.45) is 7.58. The maximum atomic E-state index is 11.5. The minimum absolute atomic E-state index is 0.0399. The van der Waals surface area contributed by atoms with Gasteiger partial charge in [-0.2, -0.15) is 0 Å². The first kappa shape index (κ1) is 27.9. The molecule has 39 heavy (non-hydrogen) atoms. The molecule has 0 spiro atoms. The van der Waals surface area contributed by atoms with Gasteiger partial charge in [0, 0.05) is 22.2 Å². The lowest BCUT2D eigenvalue weighted by atomic mass is 10.1. The maximum Gasteiger partial charge on any atom is 0.323 e. The van der Waals surface area contributed by atoms with E-state index in [0.717, 1.165) is 51.3 Å². The number of rotatable bonds is 15. The number of benzene rings is 3. The smallest absolute Gasteiger partial charge is 0.323 e. The Morgan fingerprint density at radius 3 is 2.15 bits per heavy atom. The molecule has 0 saturated heterocycles. The molecule has 0 bridgehead atoms. The number of thioether (sulfide) groups is 1. The van der Waals surface area contributed by atoms with Gasteiger partial charge in [-0.05, 0) is 48.2 Å². The summed E-state index contributed by atoms with van der Waals surface area (Å²) in [5.74, 6) is 0.301. The molecule has 3 aromatic carbocycles. The third kappa shape index (κ3) is 8.41. The molecule has 202 valence electrons. The molecule has 0 aliphatic rings. The van der Waals surface area contributed by atoms with Crippen LogP contribution in [0.15, 0.2) is 83.9 Å². The first-order chi connectivity index (χ1) is 19.0. The van der Waals surface area contributed by atoms with E-state index in [-0.39, 0.29) is 13.0 Å². The van der Waals surface area contributed by atoms with Crippen LogP contribution < -0.4 is 9.47 Å². The molecule has 0 radical (unpaired) electrons. The van der Waals surface area contributed by atoms with Gasteiger partial charge in [0.2, 0.25) is 0 Å². The Morgan fingerprint density at radius 1 is 0.795 bits per heavy atom. The Bertz CT molecular complexity index is 1410. The zero-order valence-corrected chi connectivity index (χ0v) is 22.3. The topological polar surface area (TPSA) is 98.0 Å². The largest absolute Gasteiger partial charge is 0.494 e. The molecule has 0 unspecified atom stereocenters. The highest BCUT2D eigenvalue weighted by Crippen LogP contribution is 2.33. The summed E-state index contributed by atoms with van der Waals surface area (Å²) < 4.78 is 13.3. The number of aromatic nitrogens is 1. The van der Waals surface area contributed by atoms with Gasteiger partial charge in [-0.3, -0.25) is 9.59 Å². The first-order valence-corrected chi connectivity index (χ1v) is 13.8. The molecule has 0 atom stereocenters. The standard InChI is InChI=1S/C31H31NO6S/c33-29(34)17-20-39-28-21-32(22-30(35)36)31-24(7-6-10-27(28)31)14-11-23-12-15-26(16-13-23)38-19-5-4-18-37-25-8-2-1-3-9-25/h1-3,6-16,21H,4-5,17-20,22H2,(H,33,34)(H,35,36)/b14-11+. The van der Waals surface area contributed by atoms with Gasteiger partial charge in [0.15, 0.2) is 0 Å². The van der Waals surface area contributed by atoms with Crippen LogP contribution in [-0.4, -0.2) is 45.7 Å². The monoisotopic (exact) mass is 545 g/mol. The third-order valence-corrected chi connectivity index (χ3v) is 6.97. The number of para-hydroxylation sites is 2. The van der Waals surface area contributed by atoms with Gasteiger partial charge in [-0.1, -0.05) is 60.7 Å². The van der Waals surface area contributed by atoms with E-state index >= 15 is 0 Å². The van der Waals surface area contributed by atoms with E-state index in [1.165, 1.54) is 11.8 Å². The fraction of sp³-hybridized carbons (Fsp3) is 0.226. The van der Waals surface area contributed by atoms with Crippen molar-refractivity contribution in [1.82, 2.24) is 4.57 Å². The quantitative estimate of drug-likeness (QED) is 0.0974. The van der Waals surface area contributed by atoms with Gasteiger partial charge in [0.1, 0.15) is 18.0 Å². The molecule has 2 N–H and O–H groups in total. The van der Waals surface area contributed by atoms with Crippen LogP contribution in [0.25, 0.3) is 23.1 Å². The number of unbranched alkanes of at least 4 members (excludes halogenated alkanes) is 1. The van der Waals surface area contributed by atoms with Gasteiger partial charge in [0.25, 0.3) is 0 Å². The number of carboxylic acid groups (broad SMARTS) is 2. The summed E-state index contributed by atoms with van der Waals surface area (Å²) in [4.78, 5) is 23.3. The Balaban J connectivity index is 1.36. The predicted octanol–water partition coefficient (Wildman–Crippen LogP) is 6.70. The van der Waals surface area contributed by atoms with Crippen molar-refractivity contribution in [1.29, 1.82) is 0 Å². The first-order valence-electron chi connectivity index (χ1n) is 12.8. The third-order valence-electron chi connectivity index (χ3n) is 5.93. The fourth-order valence-electron chi connectivity index (χ4n) is 4.09. The van der Waals surface area contributed by atoms with E-state index in [2.05, 4.69) is 0 Å². The minimum Gasteiger partial charge on any atom is -0.494 e. The molecule has 1 aromatic heterocycles. The molecule has 7 nitrogen and oxygen atoms in total. The molecule has 4 aromatic rings. The summed E-state index contributed by atoms with van der Waals surface area (Å²) in [6, 6.07) is 23.4. The number of hydrogen-bond donors (Lipinski definition) is 2. The summed E-state index contributed by atoms with van der Waals surface area (Å²) in [5.41, 5.74) is 2.69. The van der Waals surface area contributed by atoms with Crippen LogP contribution in [0.1, 0.15) is 30.4 Å². The highest BCUT2D eigenvalue weighted by atomic mass is 32.2. The second kappa shape index (κ2) is 14.1. The second-order valence-corrected chi connectivity index (χ2v) is 10.0. The summed E-state index contributed by atoms with van der Waals surface area (Å²) >= 11 is 1.42. The van der Waals surface area contributed by atoms with E-state index in [9.17, 15) is 14.7 Å². The molecular formula is C31H31NO6S. The van der Waals surface area contributed by atoms with E-state index in [1.54, 1.807) is 10.8 Å². The molecule has 0 amide bonds. The van der Waals surface area contributed by atoms with Crippen LogP contribution in [0.2, 0.25) is 0 Å².